The molecule has 33 heavy (non-hydrogen) atoms. The van der Waals surface area contributed by atoms with Gasteiger partial charge in [-0.05, 0) is 85.5 Å². The summed E-state index contributed by atoms with van der Waals surface area (Å²) in [5, 5.41) is 19.3. The van der Waals surface area contributed by atoms with Gasteiger partial charge in [0.1, 0.15) is 5.75 Å². The molecular formula is C28H37NO4. The molecule has 0 saturated heterocycles. The van der Waals surface area contributed by atoms with Crippen LogP contribution in [0.3, 0.4) is 0 Å². The number of benzene rings is 1. The van der Waals surface area contributed by atoms with Crippen molar-refractivity contribution in [1.29, 1.82) is 0 Å². The highest BCUT2D eigenvalue weighted by Gasteiger charge is 2.55. The zero-order valence-corrected chi connectivity index (χ0v) is 20.1. The first kappa shape index (κ1) is 23.6. The minimum absolute atomic E-state index is 0.0608. The molecule has 1 heterocycles. The molecule has 1 aromatic carbocycles. The van der Waals surface area contributed by atoms with E-state index >= 15 is 0 Å². The highest BCUT2D eigenvalue weighted by molar-refractivity contribution is 5.91. The van der Waals surface area contributed by atoms with Gasteiger partial charge in [0.25, 0.3) is 0 Å². The molecule has 4 rings (SSSR count). The lowest BCUT2D eigenvalue weighted by Gasteiger charge is -2.57. The average Bonchev–Trinajstić information content (AvgIpc) is 3.14. The van der Waals surface area contributed by atoms with Crippen molar-refractivity contribution in [3.63, 3.8) is 0 Å². The summed E-state index contributed by atoms with van der Waals surface area (Å²) in [4.78, 5) is 26.5. The van der Waals surface area contributed by atoms with E-state index < -0.39 is 5.97 Å². The van der Waals surface area contributed by atoms with E-state index in [1.54, 1.807) is 12.1 Å². The molecular weight excluding hydrogens is 414 g/mol. The Labute approximate surface area is 197 Å². The molecule has 5 heteroatoms. The van der Waals surface area contributed by atoms with Crippen molar-refractivity contribution in [2.75, 3.05) is 13.1 Å². The Morgan fingerprint density at radius 1 is 1.15 bits per heavy atom. The largest absolute Gasteiger partial charge is 0.508 e. The lowest BCUT2D eigenvalue weighted by molar-refractivity contribution is -0.137. The molecule has 178 valence electrons. The monoisotopic (exact) mass is 451 g/mol. The van der Waals surface area contributed by atoms with E-state index in [2.05, 4.69) is 20.8 Å². The number of rotatable bonds is 7. The number of hydrogen-bond acceptors (Lipinski definition) is 3. The number of hydrogen-bond donors (Lipinski definition) is 2. The fourth-order valence-corrected chi connectivity index (χ4v) is 6.77. The maximum absolute atomic E-state index is 12.6. The van der Waals surface area contributed by atoms with Crippen LogP contribution in [-0.2, 0) is 16.0 Å². The molecule has 0 aromatic heterocycles. The van der Waals surface area contributed by atoms with E-state index in [0.717, 1.165) is 50.5 Å². The third-order valence-corrected chi connectivity index (χ3v) is 9.06. The smallest absolute Gasteiger partial charge is 0.331 e. The first-order chi connectivity index (χ1) is 15.6. The summed E-state index contributed by atoms with van der Waals surface area (Å²) in [6, 6.07) is 7.16. The van der Waals surface area contributed by atoms with E-state index in [1.165, 1.54) is 5.57 Å². The van der Waals surface area contributed by atoms with Gasteiger partial charge >= 0.3 is 5.97 Å². The Morgan fingerprint density at radius 3 is 2.58 bits per heavy atom. The molecule has 1 saturated carbocycles. The fourth-order valence-electron chi connectivity index (χ4n) is 6.77. The molecule has 1 aliphatic heterocycles. The number of phenols is 1. The number of aliphatic carboxylic acids is 1. The molecule has 0 spiro atoms. The molecule has 4 unspecified atom stereocenters. The molecule has 1 amide bonds. The molecule has 5 nitrogen and oxygen atoms in total. The van der Waals surface area contributed by atoms with Crippen molar-refractivity contribution in [3.05, 3.63) is 53.1 Å². The van der Waals surface area contributed by atoms with Crippen LogP contribution in [0.25, 0.3) is 0 Å². The van der Waals surface area contributed by atoms with E-state index in [4.69, 9.17) is 0 Å². The van der Waals surface area contributed by atoms with E-state index in [0.29, 0.717) is 30.5 Å². The van der Waals surface area contributed by atoms with Gasteiger partial charge in [-0.2, -0.15) is 0 Å². The van der Waals surface area contributed by atoms with Crippen molar-refractivity contribution in [3.8, 4) is 5.75 Å². The van der Waals surface area contributed by atoms with Crippen LogP contribution in [0.4, 0.5) is 0 Å². The number of carbonyl (C=O) groups is 2. The lowest BCUT2D eigenvalue weighted by atomic mass is 9.46. The van der Waals surface area contributed by atoms with Crippen LogP contribution >= 0.6 is 0 Å². The van der Waals surface area contributed by atoms with Crippen LogP contribution in [-0.4, -0.2) is 40.1 Å². The van der Waals surface area contributed by atoms with Crippen molar-refractivity contribution < 1.29 is 19.8 Å². The Bertz CT molecular complexity index is 978. The molecule has 2 aliphatic carbocycles. The van der Waals surface area contributed by atoms with Crippen molar-refractivity contribution in [2.45, 2.75) is 65.7 Å². The summed E-state index contributed by atoms with van der Waals surface area (Å²) in [7, 11) is 0. The van der Waals surface area contributed by atoms with Crippen molar-refractivity contribution >= 4 is 11.9 Å². The number of aromatic hydroxyl groups is 1. The zero-order chi connectivity index (χ0) is 23.8. The van der Waals surface area contributed by atoms with Crippen LogP contribution in [0.15, 0.2) is 47.6 Å². The second-order valence-electron chi connectivity index (χ2n) is 10.9. The predicted octanol–water partition coefficient (Wildman–Crippen LogP) is 5.35. The van der Waals surface area contributed by atoms with Gasteiger partial charge in [-0.15, -0.1) is 0 Å². The van der Waals surface area contributed by atoms with Gasteiger partial charge in [-0.25, -0.2) is 4.79 Å². The van der Waals surface area contributed by atoms with Gasteiger partial charge < -0.3 is 15.1 Å². The lowest BCUT2D eigenvalue weighted by Crippen LogP contribution is -2.51. The minimum Gasteiger partial charge on any atom is -0.508 e. The summed E-state index contributed by atoms with van der Waals surface area (Å²) in [6.45, 7) is 8.22. The second-order valence-corrected chi connectivity index (χ2v) is 10.9. The zero-order valence-electron chi connectivity index (χ0n) is 20.1. The van der Waals surface area contributed by atoms with E-state index in [-0.39, 0.29) is 22.5 Å². The van der Waals surface area contributed by atoms with Gasteiger partial charge in [0.05, 0.1) is 0 Å². The maximum Gasteiger partial charge on any atom is 0.331 e. The third-order valence-electron chi connectivity index (χ3n) is 9.06. The van der Waals surface area contributed by atoms with Crippen LogP contribution in [0.5, 0.6) is 5.75 Å². The quantitative estimate of drug-likeness (QED) is 0.586. The summed E-state index contributed by atoms with van der Waals surface area (Å²) in [5.41, 5.74) is 2.72. The number of phenolic OH excluding ortho intramolecular Hbond substituents is 1. The SMILES string of the molecule is CC1CCC2(C)C(C(=O)O)=CCCC2C1(C)CCC1=CC(=O)N(CCc2ccc(O)cc2)C1. The normalized spacial score (nSPS) is 31.7. The standard InChI is InChI=1S/C28H37NO4/c1-19-11-14-28(3)23(26(32)33)5-4-6-24(28)27(19,2)15-12-21-17-25(31)29(18-21)16-13-20-7-9-22(30)10-8-20/h5,7-10,17,19,24,30H,4,6,11-16,18H2,1-3H3,(H,32,33). The first-order valence-electron chi connectivity index (χ1n) is 12.3. The summed E-state index contributed by atoms with van der Waals surface area (Å²) >= 11 is 0. The Morgan fingerprint density at radius 2 is 1.88 bits per heavy atom. The molecule has 4 atom stereocenters. The van der Waals surface area contributed by atoms with Gasteiger partial charge in [-0.1, -0.05) is 39.0 Å². The number of carboxylic acid groups (broad SMARTS) is 1. The summed E-state index contributed by atoms with van der Waals surface area (Å²) in [5.74, 6) is 0.474. The topological polar surface area (TPSA) is 77.8 Å². The third kappa shape index (κ3) is 4.47. The number of allylic oxidation sites excluding steroid dienone is 1. The Balaban J connectivity index is 1.40. The van der Waals surface area contributed by atoms with Crippen molar-refractivity contribution in [1.82, 2.24) is 4.90 Å². The maximum atomic E-state index is 12.6. The molecule has 0 bridgehead atoms. The van der Waals surface area contributed by atoms with Gasteiger partial charge in [0, 0.05) is 30.2 Å². The molecule has 0 radical (unpaired) electrons. The van der Waals surface area contributed by atoms with Crippen LogP contribution in [0, 0.1) is 22.7 Å². The molecule has 2 N–H and O–H groups in total. The Hall–Kier alpha value is -2.56. The number of carbonyl (C=O) groups excluding carboxylic acids is 1. The molecule has 3 aliphatic rings. The van der Waals surface area contributed by atoms with Gasteiger partial charge in [0.2, 0.25) is 5.91 Å². The van der Waals surface area contributed by atoms with Crippen molar-refractivity contribution in [2.24, 2.45) is 22.7 Å². The molecule has 1 aromatic rings. The molecule has 1 fully saturated rings. The summed E-state index contributed by atoms with van der Waals surface area (Å²) in [6.07, 6.45) is 10.3. The highest BCUT2D eigenvalue weighted by atomic mass is 16.4. The number of carboxylic acids is 1. The van der Waals surface area contributed by atoms with Crippen LogP contribution in [0.1, 0.15) is 64.9 Å². The predicted molar refractivity (Wildman–Crippen MR) is 129 cm³/mol. The van der Waals surface area contributed by atoms with Gasteiger partial charge in [0.15, 0.2) is 0 Å². The van der Waals surface area contributed by atoms with E-state index in [9.17, 15) is 19.8 Å². The number of nitrogens with zero attached hydrogens (tertiary/aromatic N) is 1. The minimum atomic E-state index is -0.757. The number of amides is 1. The highest BCUT2D eigenvalue weighted by Crippen LogP contribution is 2.62. The van der Waals surface area contributed by atoms with E-state index in [1.807, 2.05) is 29.2 Å². The number of fused-ring (bicyclic) bond motifs is 1. The van der Waals surface area contributed by atoms with Gasteiger partial charge in [-0.3, -0.25) is 4.79 Å². The second kappa shape index (κ2) is 9.00. The average molecular weight is 452 g/mol. The summed E-state index contributed by atoms with van der Waals surface area (Å²) < 4.78 is 0. The fraction of sp³-hybridized carbons (Fsp3) is 0.571. The van der Waals surface area contributed by atoms with Crippen LogP contribution in [0.2, 0.25) is 0 Å². The Kier molecular flexibility index (Phi) is 6.43. The van der Waals surface area contributed by atoms with Crippen LogP contribution < -0.4 is 0 Å². The first-order valence-corrected chi connectivity index (χ1v) is 12.3.